The van der Waals surface area contributed by atoms with Gasteiger partial charge in [0, 0.05) is 23.2 Å². The molecule has 0 fully saturated rings. The van der Waals surface area contributed by atoms with Gasteiger partial charge in [-0.3, -0.25) is 9.59 Å². The van der Waals surface area contributed by atoms with Gasteiger partial charge in [0.05, 0.1) is 6.54 Å². The Kier molecular flexibility index (Phi) is 6.54. The summed E-state index contributed by atoms with van der Waals surface area (Å²) in [5.74, 6) is -0.638. The van der Waals surface area contributed by atoms with Crippen LogP contribution in [0.25, 0.3) is 0 Å². The van der Waals surface area contributed by atoms with Gasteiger partial charge >= 0.3 is 0 Å². The van der Waals surface area contributed by atoms with Gasteiger partial charge in [0.2, 0.25) is 0 Å². The van der Waals surface area contributed by atoms with E-state index in [1.807, 2.05) is 6.07 Å². The maximum Gasteiger partial charge on any atom is 0.259 e. The number of hydrogen-bond donors (Lipinski definition) is 3. The van der Waals surface area contributed by atoms with Gasteiger partial charge in [-0.1, -0.05) is 35.9 Å². The Morgan fingerprint density at radius 1 is 1.24 bits per heavy atom. The summed E-state index contributed by atoms with van der Waals surface area (Å²) in [4.78, 5) is 23.5. The third-order valence-electron chi connectivity index (χ3n) is 3.41. The molecule has 2 aromatic carbocycles. The molecule has 0 bridgehead atoms. The summed E-state index contributed by atoms with van der Waals surface area (Å²) in [6, 6.07) is 11.9. The average Bonchev–Trinajstić information content (AvgIpc) is 2.60. The first-order valence-electron chi connectivity index (χ1n) is 7.59. The summed E-state index contributed by atoms with van der Waals surface area (Å²) in [6.07, 6.45) is 1.86. The molecule has 0 radical (unpaired) electrons. The number of carbonyl (C=O) groups is 2. The molecule has 0 aliphatic carbocycles. The molecule has 25 heavy (non-hydrogen) atoms. The lowest BCUT2D eigenvalue weighted by atomic mass is 10.1. The van der Waals surface area contributed by atoms with Crippen molar-refractivity contribution in [1.29, 1.82) is 0 Å². The second kappa shape index (κ2) is 8.84. The van der Waals surface area contributed by atoms with Crippen molar-refractivity contribution in [2.75, 3.05) is 6.54 Å². The summed E-state index contributed by atoms with van der Waals surface area (Å²) in [5, 5.41) is 16.6. The molecule has 2 aromatic rings. The highest BCUT2D eigenvalue weighted by molar-refractivity contribution is 6.30. The number of aromatic hydroxyl groups is 1. The number of para-hydroxylation sites is 1. The molecular weight excluding hydrogens is 342 g/mol. The second-order valence-corrected chi connectivity index (χ2v) is 5.76. The molecule has 0 aliphatic heterocycles. The molecule has 0 saturated heterocycles. The topological polar surface area (TPSA) is 90.8 Å². The summed E-state index contributed by atoms with van der Waals surface area (Å²) >= 11 is 5.81. The van der Waals surface area contributed by atoms with Crippen LogP contribution in [0.3, 0.4) is 0 Å². The van der Waals surface area contributed by atoms with Crippen LogP contribution in [0, 0.1) is 6.92 Å². The lowest BCUT2D eigenvalue weighted by Crippen LogP contribution is -2.34. The Hall–Kier alpha value is -2.86. The molecule has 3 N–H and O–H groups in total. The largest absolute Gasteiger partial charge is 0.507 e. The van der Waals surface area contributed by atoms with Gasteiger partial charge in [-0.25, -0.2) is 5.43 Å². The summed E-state index contributed by atoms with van der Waals surface area (Å²) in [6.45, 7) is 1.60. The number of aryl methyl sites for hydroxylation is 1. The van der Waals surface area contributed by atoms with Gasteiger partial charge in [0.15, 0.2) is 0 Å². The highest BCUT2D eigenvalue weighted by atomic mass is 35.5. The van der Waals surface area contributed by atoms with Crippen molar-refractivity contribution in [2.45, 2.75) is 13.3 Å². The minimum Gasteiger partial charge on any atom is -0.507 e. The fourth-order valence-electron chi connectivity index (χ4n) is 2.08. The Labute approximate surface area is 150 Å². The smallest absolute Gasteiger partial charge is 0.259 e. The van der Waals surface area contributed by atoms with Crippen LogP contribution < -0.4 is 10.7 Å². The van der Waals surface area contributed by atoms with Gasteiger partial charge in [0.1, 0.15) is 5.75 Å². The van der Waals surface area contributed by atoms with E-state index in [1.54, 1.807) is 37.3 Å². The normalized spacial score (nSPS) is 10.6. The van der Waals surface area contributed by atoms with E-state index in [1.165, 1.54) is 12.3 Å². The summed E-state index contributed by atoms with van der Waals surface area (Å²) < 4.78 is 0. The monoisotopic (exact) mass is 359 g/mol. The second-order valence-electron chi connectivity index (χ2n) is 5.33. The van der Waals surface area contributed by atoms with E-state index in [0.29, 0.717) is 22.6 Å². The van der Waals surface area contributed by atoms with Crippen LogP contribution in [0.1, 0.15) is 21.5 Å². The zero-order chi connectivity index (χ0) is 18.2. The van der Waals surface area contributed by atoms with Crippen molar-refractivity contribution < 1.29 is 14.7 Å². The van der Waals surface area contributed by atoms with E-state index in [2.05, 4.69) is 15.8 Å². The van der Waals surface area contributed by atoms with Crippen LogP contribution in [-0.2, 0) is 11.2 Å². The molecule has 0 aromatic heterocycles. The van der Waals surface area contributed by atoms with Crippen LogP contribution >= 0.6 is 11.6 Å². The Balaban J connectivity index is 1.77. The van der Waals surface area contributed by atoms with E-state index < -0.39 is 11.8 Å². The van der Waals surface area contributed by atoms with E-state index in [-0.39, 0.29) is 12.3 Å². The van der Waals surface area contributed by atoms with Crippen LogP contribution in [0.4, 0.5) is 0 Å². The predicted octanol–water partition coefficient (Wildman–Crippen LogP) is 2.43. The fraction of sp³-hybridized carbons (Fsp3) is 0.167. The van der Waals surface area contributed by atoms with Crippen molar-refractivity contribution in [2.24, 2.45) is 5.10 Å². The van der Waals surface area contributed by atoms with Crippen LogP contribution in [-0.4, -0.2) is 29.7 Å². The standard InChI is InChI=1S/C18H18ClN3O3/c1-12-4-2-5-13(17(12)24)8-9-21-22-16(23)11-20-18(25)14-6-3-7-15(19)10-14/h2-7,9-10,24H,8,11H2,1H3,(H,20,25)(H,22,23). The number of phenols is 1. The third-order valence-corrected chi connectivity index (χ3v) is 3.64. The van der Waals surface area contributed by atoms with Crippen LogP contribution in [0.2, 0.25) is 5.02 Å². The number of hydrogen-bond acceptors (Lipinski definition) is 4. The van der Waals surface area contributed by atoms with Crippen molar-refractivity contribution in [3.8, 4) is 5.75 Å². The molecule has 130 valence electrons. The first-order chi connectivity index (χ1) is 12.0. The van der Waals surface area contributed by atoms with Crippen molar-refractivity contribution in [1.82, 2.24) is 10.7 Å². The van der Waals surface area contributed by atoms with Gasteiger partial charge in [0.25, 0.3) is 11.8 Å². The minimum atomic E-state index is -0.458. The molecule has 2 rings (SSSR count). The number of phenolic OH excluding ortho intramolecular Hbond substituents is 1. The van der Waals surface area contributed by atoms with Gasteiger partial charge in [-0.05, 0) is 36.2 Å². The first kappa shape index (κ1) is 18.5. The van der Waals surface area contributed by atoms with Crippen LogP contribution in [0.15, 0.2) is 47.6 Å². The number of benzene rings is 2. The van der Waals surface area contributed by atoms with E-state index in [9.17, 15) is 14.7 Å². The molecular formula is C18H18ClN3O3. The highest BCUT2D eigenvalue weighted by Gasteiger charge is 2.08. The number of halogens is 1. The predicted molar refractivity (Wildman–Crippen MR) is 97.0 cm³/mol. The third kappa shape index (κ3) is 5.61. The Morgan fingerprint density at radius 2 is 2.00 bits per heavy atom. The van der Waals surface area contributed by atoms with Crippen molar-refractivity contribution in [3.05, 3.63) is 64.2 Å². The quantitative estimate of drug-likeness (QED) is 0.546. The molecule has 0 spiro atoms. The number of nitrogens with zero attached hydrogens (tertiary/aromatic N) is 1. The number of carbonyl (C=O) groups excluding carboxylic acids is 2. The van der Waals surface area contributed by atoms with Gasteiger partial charge < -0.3 is 10.4 Å². The molecule has 2 amide bonds. The molecule has 0 saturated carbocycles. The Bertz CT molecular complexity index is 806. The number of hydrazone groups is 1. The minimum absolute atomic E-state index is 0.210. The number of rotatable bonds is 6. The maximum atomic E-state index is 11.9. The Morgan fingerprint density at radius 3 is 2.76 bits per heavy atom. The van der Waals surface area contributed by atoms with Crippen LogP contribution in [0.5, 0.6) is 5.75 Å². The number of nitrogens with one attached hydrogen (secondary N) is 2. The van der Waals surface area contributed by atoms with Gasteiger partial charge in [-0.2, -0.15) is 5.10 Å². The fourth-order valence-corrected chi connectivity index (χ4v) is 2.27. The molecule has 0 heterocycles. The molecule has 0 unspecified atom stereocenters. The lowest BCUT2D eigenvalue weighted by molar-refractivity contribution is -0.120. The maximum absolute atomic E-state index is 11.9. The number of amides is 2. The molecule has 6 nitrogen and oxygen atoms in total. The average molecular weight is 360 g/mol. The first-order valence-corrected chi connectivity index (χ1v) is 7.96. The zero-order valence-electron chi connectivity index (χ0n) is 13.6. The summed E-state index contributed by atoms with van der Waals surface area (Å²) in [5.41, 5.74) is 4.18. The zero-order valence-corrected chi connectivity index (χ0v) is 14.4. The van der Waals surface area contributed by atoms with Gasteiger partial charge in [-0.15, -0.1) is 0 Å². The molecule has 7 heteroatoms. The highest BCUT2D eigenvalue weighted by Crippen LogP contribution is 2.21. The van der Waals surface area contributed by atoms with E-state index in [4.69, 9.17) is 11.6 Å². The van der Waals surface area contributed by atoms with Crippen molar-refractivity contribution >= 4 is 29.6 Å². The molecule has 0 atom stereocenters. The van der Waals surface area contributed by atoms with E-state index >= 15 is 0 Å². The van der Waals surface area contributed by atoms with Crippen molar-refractivity contribution in [3.63, 3.8) is 0 Å². The SMILES string of the molecule is Cc1cccc(CC=NNC(=O)CNC(=O)c2cccc(Cl)c2)c1O. The summed E-state index contributed by atoms with van der Waals surface area (Å²) in [7, 11) is 0. The lowest BCUT2D eigenvalue weighted by Gasteiger charge is -2.05. The molecule has 0 aliphatic rings. The van der Waals surface area contributed by atoms with E-state index in [0.717, 1.165) is 5.56 Å².